The summed E-state index contributed by atoms with van der Waals surface area (Å²) < 4.78 is 16.9. The molecule has 4 aromatic rings. The Hall–Kier alpha value is -4.25. The summed E-state index contributed by atoms with van der Waals surface area (Å²) in [5.41, 5.74) is 0.756. The van der Waals surface area contributed by atoms with Gasteiger partial charge in [-0.05, 0) is 38.1 Å². The van der Waals surface area contributed by atoms with Gasteiger partial charge >= 0.3 is 11.9 Å². The number of nitrogens with zero attached hydrogens (tertiary/aromatic N) is 2. The van der Waals surface area contributed by atoms with E-state index in [4.69, 9.17) is 13.9 Å². The number of carbonyl (C=O) groups is 3. The highest BCUT2D eigenvalue weighted by atomic mass is 32.1. The van der Waals surface area contributed by atoms with E-state index in [1.54, 1.807) is 55.6 Å². The number of aryl methyl sites for hydroxylation is 1. The molecule has 0 bridgehead atoms. The van der Waals surface area contributed by atoms with Gasteiger partial charge in [-0.2, -0.15) is 0 Å². The van der Waals surface area contributed by atoms with Crippen molar-refractivity contribution in [2.45, 2.75) is 20.4 Å². The van der Waals surface area contributed by atoms with E-state index >= 15 is 0 Å². The highest BCUT2D eigenvalue weighted by molar-refractivity contribution is 7.15. The standard InChI is InChI=1S/C24H21N3O7S/c1-3-32-24(31)21-16(18-9-8-14(2)34-18)12-35-22(21)26-19(28)11-33-20(29)10-27-13-25-17-7-5-4-6-15(17)23(27)30/h4-9,12-13H,3,10-11H2,1-2H3,(H,26,28). The minimum absolute atomic E-state index is 0.152. The predicted molar refractivity (Wildman–Crippen MR) is 128 cm³/mol. The maximum Gasteiger partial charge on any atom is 0.341 e. The van der Waals surface area contributed by atoms with Crippen LogP contribution in [0.5, 0.6) is 0 Å². The lowest BCUT2D eigenvalue weighted by molar-refractivity contribution is -0.147. The number of esters is 2. The van der Waals surface area contributed by atoms with Crippen molar-refractivity contribution in [2.24, 2.45) is 0 Å². The van der Waals surface area contributed by atoms with Crippen molar-refractivity contribution in [2.75, 3.05) is 18.5 Å². The van der Waals surface area contributed by atoms with E-state index in [2.05, 4.69) is 10.3 Å². The number of para-hydroxylation sites is 1. The lowest BCUT2D eigenvalue weighted by Gasteiger charge is -2.09. The van der Waals surface area contributed by atoms with Crippen LogP contribution in [0.25, 0.3) is 22.2 Å². The number of furan rings is 1. The van der Waals surface area contributed by atoms with Gasteiger partial charge in [0.2, 0.25) is 0 Å². The SMILES string of the molecule is CCOC(=O)c1c(-c2ccc(C)o2)csc1NC(=O)COC(=O)Cn1cnc2ccccc2c1=O. The van der Waals surface area contributed by atoms with Gasteiger partial charge in [0, 0.05) is 10.9 Å². The molecular formula is C24H21N3O7S. The summed E-state index contributed by atoms with van der Waals surface area (Å²) in [4.78, 5) is 53.9. The van der Waals surface area contributed by atoms with Crippen molar-refractivity contribution in [3.63, 3.8) is 0 Å². The number of hydrogen-bond donors (Lipinski definition) is 1. The Morgan fingerprint density at radius 2 is 1.94 bits per heavy atom. The molecule has 1 N–H and O–H groups in total. The fraction of sp³-hybridized carbons (Fsp3) is 0.208. The molecule has 3 heterocycles. The maximum atomic E-state index is 12.6. The molecule has 1 aromatic carbocycles. The fourth-order valence-electron chi connectivity index (χ4n) is 3.33. The van der Waals surface area contributed by atoms with E-state index in [1.165, 1.54) is 6.33 Å². The zero-order valence-electron chi connectivity index (χ0n) is 18.9. The largest absolute Gasteiger partial charge is 0.462 e. The van der Waals surface area contributed by atoms with Crippen molar-refractivity contribution in [3.05, 3.63) is 69.8 Å². The molecular weight excluding hydrogens is 474 g/mol. The molecule has 11 heteroatoms. The van der Waals surface area contributed by atoms with E-state index in [0.717, 1.165) is 15.9 Å². The smallest absolute Gasteiger partial charge is 0.341 e. The van der Waals surface area contributed by atoms with Crippen LogP contribution in [-0.4, -0.2) is 40.6 Å². The number of hydrogen-bond acceptors (Lipinski definition) is 9. The van der Waals surface area contributed by atoms with E-state index in [0.29, 0.717) is 28.0 Å². The van der Waals surface area contributed by atoms with Crippen molar-refractivity contribution in [1.29, 1.82) is 0 Å². The Labute approximate surface area is 203 Å². The Bertz CT molecular complexity index is 1470. The zero-order valence-corrected chi connectivity index (χ0v) is 19.7. The molecule has 1 amide bonds. The third-order valence-corrected chi connectivity index (χ3v) is 5.82. The summed E-state index contributed by atoms with van der Waals surface area (Å²) in [6.45, 7) is 2.59. The molecule has 35 heavy (non-hydrogen) atoms. The summed E-state index contributed by atoms with van der Waals surface area (Å²) in [5.74, 6) is -0.935. The van der Waals surface area contributed by atoms with Crippen molar-refractivity contribution in [1.82, 2.24) is 9.55 Å². The van der Waals surface area contributed by atoms with E-state index < -0.39 is 36.6 Å². The van der Waals surface area contributed by atoms with Gasteiger partial charge in [-0.1, -0.05) is 12.1 Å². The average Bonchev–Trinajstić information content (AvgIpc) is 3.46. The van der Waals surface area contributed by atoms with Crippen LogP contribution in [0, 0.1) is 6.92 Å². The molecule has 3 aromatic heterocycles. The van der Waals surface area contributed by atoms with Gasteiger partial charge in [-0.3, -0.25) is 19.0 Å². The van der Waals surface area contributed by atoms with Crippen LogP contribution in [0.2, 0.25) is 0 Å². The Balaban J connectivity index is 1.43. The second kappa shape index (κ2) is 10.3. The van der Waals surface area contributed by atoms with Gasteiger partial charge in [0.15, 0.2) is 6.61 Å². The van der Waals surface area contributed by atoms with Crippen molar-refractivity contribution >= 4 is 45.1 Å². The van der Waals surface area contributed by atoms with Gasteiger partial charge in [-0.25, -0.2) is 9.78 Å². The third kappa shape index (κ3) is 5.30. The molecule has 0 saturated heterocycles. The molecule has 180 valence electrons. The minimum Gasteiger partial charge on any atom is -0.462 e. The van der Waals surface area contributed by atoms with E-state index in [-0.39, 0.29) is 17.2 Å². The Morgan fingerprint density at radius 1 is 1.14 bits per heavy atom. The summed E-state index contributed by atoms with van der Waals surface area (Å²) in [6.07, 6.45) is 1.25. The lowest BCUT2D eigenvalue weighted by Crippen LogP contribution is -2.28. The Kier molecular flexibility index (Phi) is 7.06. The summed E-state index contributed by atoms with van der Waals surface area (Å²) in [6, 6.07) is 10.2. The maximum absolute atomic E-state index is 12.6. The Morgan fingerprint density at radius 3 is 2.69 bits per heavy atom. The van der Waals surface area contributed by atoms with Gasteiger partial charge in [-0.15, -0.1) is 11.3 Å². The number of nitrogens with one attached hydrogen (secondary N) is 1. The molecule has 0 fully saturated rings. The quantitative estimate of drug-likeness (QED) is 0.368. The predicted octanol–water partition coefficient (Wildman–Crippen LogP) is 3.39. The first kappa shape index (κ1) is 23.9. The van der Waals surface area contributed by atoms with E-state index in [9.17, 15) is 19.2 Å². The first-order valence-electron chi connectivity index (χ1n) is 10.6. The molecule has 0 unspecified atom stereocenters. The van der Waals surface area contributed by atoms with Gasteiger partial charge in [0.25, 0.3) is 11.5 Å². The third-order valence-electron chi connectivity index (χ3n) is 4.92. The van der Waals surface area contributed by atoms with E-state index in [1.807, 2.05) is 0 Å². The number of anilines is 1. The van der Waals surface area contributed by atoms with Crippen molar-refractivity contribution < 1.29 is 28.3 Å². The topological polar surface area (TPSA) is 130 Å². The molecule has 0 aliphatic rings. The van der Waals surface area contributed by atoms with Crippen molar-refractivity contribution in [3.8, 4) is 11.3 Å². The number of benzene rings is 1. The van der Waals surface area contributed by atoms with Crippen LogP contribution in [0.3, 0.4) is 0 Å². The zero-order chi connectivity index (χ0) is 24.9. The summed E-state index contributed by atoms with van der Waals surface area (Å²) in [7, 11) is 0. The molecule has 4 rings (SSSR count). The first-order chi connectivity index (χ1) is 16.9. The van der Waals surface area contributed by atoms with Gasteiger partial charge in [0.05, 0.1) is 23.8 Å². The van der Waals surface area contributed by atoms with Crippen LogP contribution >= 0.6 is 11.3 Å². The molecule has 0 saturated carbocycles. The fourth-order valence-corrected chi connectivity index (χ4v) is 4.28. The molecule has 0 radical (unpaired) electrons. The minimum atomic E-state index is -0.789. The highest BCUT2D eigenvalue weighted by Gasteiger charge is 2.24. The molecule has 0 aliphatic carbocycles. The van der Waals surface area contributed by atoms with Crippen LogP contribution in [-0.2, 0) is 25.6 Å². The van der Waals surface area contributed by atoms with Crippen LogP contribution in [0.1, 0.15) is 23.0 Å². The molecule has 0 spiro atoms. The number of amides is 1. The number of thiophene rings is 1. The number of carbonyl (C=O) groups excluding carboxylic acids is 3. The van der Waals surface area contributed by atoms with Crippen LogP contribution in [0.4, 0.5) is 5.00 Å². The first-order valence-corrected chi connectivity index (χ1v) is 11.5. The molecule has 0 aliphatic heterocycles. The number of ether oxygens (including phenoxy) is 2. The summed E-state index contributed by atoms with van der Waals surface area (Å²) in [5, 5.41) is 4.86. The summed E-state index contributed by atoms with van der Waals surface area (Å²) >= 11 is 1.12. The monoisotopic (exact) mass is 495 g/mol. The second-order valence-corrected chi connectivity index (χ2v) is 8.27. The number of fused-ring (bicyclic) bond motifs is 1. The highest BCUT2D eigenvalue weighted by Crippen LogP contribution is 2.37. The number of aromatic nitrogens is 2. The lowest BCUT2D eigenvalue weighted by atomic mass is 10.1. The van der Waals surface area contributed by atoms with Crippen LogP contribution in [0.15, 0.2) is 57.3 Å². The average molecular weight is 496 g/mol. The second-order valence-electron chi connectivity index (χ2n) is 7.39. The van der Waals surface area contributed by atoms with Gasteiger partial charge in [0.1, 0.15) is 28.6 Å². The number of rotatable bonds is 8. The molecule has 0 atom stereocenters. The normalized spacial score (nSPS) is 10.8. The van der Waals surface area contributed by atoms with Crippen LogP contribution < -0.4 is 10.9 Å². The molecule has 10 nitrogen and oxygen atoms in total. The van der Waals surface area contributed by atoms with Gasteiger partial charge < -0.3 is 19.2 Å².